The quantitative estimate of drug-likeness (QED) is 0.646. The van der Waals surface area contributed by atoms with E-state index in [0.29, 0.717) is 11.4 Å². The summed E-state index contributed by atoms with van der Waals surface area (Å²) < 4.78 is 0. The van der Waals surface area contributed by atoms with Gasteiger partial charge in [0.25, 0.3) is 5.69 Å². The van der Waals surface area contributed by atoms with Gasteiger partial charge < -0.3 is 5.32 Å². The molecule has 0 saturated carbocycles. The van der Waals surface area contributed by atoms with Gasteiger partial charge in [-0.2, -0.15) is 0 Å². The van der Waals surface area contributed by atoms with E-state index in [0.717, 1.165) is 0 Å². The molecule has 1 saturated heterocycles. The first-order valence-electron chi connectivity index (χ1n) is 5.64. The van der Waals surface area contributed by atoms with Crippen LogP contribution in [-0.2, 0) is 0 Å². The largest absolute Gasteiger partial charge is 0.341 e. The Kier molecular flexibility index (Phi) is 2.89. The molecule has 19 heavy (non-hydrogen) atoms. The van der Waals surface area contributed by atoms with Crippen molar-refractivity contribution in [2.24, 2.45) is 0 Å². The Labute approximate surface area is 110 Å². The molecule has 1 heterocycles. The lowest BCUT2D eigenvalue weighted by atomic mass is 10.0. The lowest BCUT2D eigenvalue weighted by Crippen LogP contribution is -2.35. The van der Waals surface area contributed by atoms with E-state index < -0.39 is 10.5 Å². The summed E-state index contributed by atoms with van der Waals surface area (Å²) in [5, 5.41) is 14.6. The van der Waals surface area contributed by atoms with E-state index in [1.165, 1.54) is 29.3 Å². The van der Waals surface area contributed by atoms with E-state index in [1.54, 1.807) is 0 Å². The highest BCUT2D eigenvalue weighted by Gasteiger charge is 2.39. The fourth-order valence-electron chi connectivity index (χ4n) is 1.70. The number of rotatable bonds is 3. The van der Waals surface area contributed by atoms with Gasteiger partial charge in [0.2, 0.25) is 0 Å². The van der Waals surface area contributed by atoms with Crippen LogP contribution >= 0.6 is 0 Å². The first-order valence-corrected chi connectivity index (χ1v) is 5.64. The molecule has 2 N–H and O–H groups in total. The van der Waals surface area contributed by atoms with Gasteiger partial charge in [-0.1, -0.05) is 6.58 Å². The second-order valence-electron chi connectivity index (χ2n) is 4.75. The maximum absolute atomic E-state index is 11.8. The molecule has 7 nitrogen and oxygen atoms in total. The second kappa shape index (κ2) is 4.27. The van der Waals surface area contributed by atoms with Crippen LogP contribution in [0.25, 0.3) is 0 Å². The van der Waals surface area contributed by atoms with Crippen molar-refractivity contribution >= 4 is 17.4 Å². The van der Waals surface area contributed by atoms with Crippen LogP contribution < -0.4 is 10.7 Å². The maximum Gasteiger partial charge on any atom is 0.341 e. The number of anilines is 1. The molecule has 2 amide bonds. The summed E-state index contributed by atoms with van der Waals surface area (Å²) in [7, 11) is 0. The zero-order valence-electron chi connectivity index (χ0n) is 10.6. The molecule has 0 unspecified atom stereocenters. The molecule has 100 valence electrons. The van der Waals surface area contributed by atoms with Crippen molar-refractivity contribution in [2.45, 2.75) is 19.4 Å². The first-order chi connectivity index (χ1) is 8.81. The van der Waals surface area contributed by atoms with Crippen molar-refractivity contribution in [3.05, 3.63) is 46.7 Å². The Hall–Kier alpha value is -2.57. The van der Waals surface area contributed by atoms with Gasteiger partial charge in [-0.05, 0) is 26.0 Å². The third kappa shape index (κ3) is 2.35. The minimum Gasteiger partial charge on any atom is -0.326 e. The van der Waals surface area contributed by atoms with Gasteiger partial charge in [-0.15, -0.1) is 0 Å². The van der Waals surface area contributed by atoms with E-state index in [4.69, 9.17) is 0 Å². The molecule has 1 fully saturated rings. The molecule has 0 aromatic heterocycles. The van der Waals surface area contributed by atoms with Crippen molar-refractivity contribution in [1.29, 1.82) is 0 Å². The molecule has 1 aliphatic rings. The van der Waals surface area contributed by atoms with Gasteiger partial charge >= 0.3 is 6.03 Å². The molecule has 0 radical (unpaired) electrons. The third-order valence-electron chi connectivity index (χ3n) is 2.93. The van der Waals surface area contributed by atoms with Gasteiger partial charge in [-0.25, -0.2) is 9.80 Å². The van der Waals surface area contributed by atoms with Crippen LogP contribution in [0.3, 0.4) is 0 Å². The number of non-ortho nitro benzene ring substituents is 1. The minimum absolute atomic E-state index is 0.00409. The Morgan fingerprint density at radius 2 is 1.95 bits per heavy atom. The standard InChI is InChI=1S/C12H14N4O3/c1-8-12(2,3)13-11(17)15(8)14-9-4-6-10(7-5-9)16(18)19/h4-7,14H,1H2,2-3H3,(H,13,17). The summed E-state index contributed by atoms with van der Waals surface area (Å²) in [5.74, 6) is 0. The summed E-state index contributed by atoms with van der Waals surface area (Å²) >= 11 is 0. The number of hydrogen-bond donors (Lipinski definition) is 2. The van der Waals surface area contributed by atoms with Crippen molar-refractivity contribution in [3.63, 3.8) is 0 Å². The van der Waals surface area contributed by atoms with E-state index in [9.17, 15) is 14.9 Å². The van der Waals surface area contributed by atoms with Crippen LogP contribution in [0.2, 0.25) is 0 Å². The molecule has 0 aliphatic carbocycles. The SMILES string of the molecule is C=C1N(Nc2ccc([N+](=O)[O-])cc2)C(=O)NC1(C)C. The molecule has 0 spiro atoms. The number of amides is 2. The summed E-state index contributed by atoms with van der Waals surface area (Å²) in [4.78, 5) is 21.8. The predicted molar refractivity (Wildman–Crippen MR) is 70.3 cm³/mol. The zero-order valence-corrected chi connectivity index (χ0v) is 10.6. The van der Waals surface area contributed by atoms with Crippen molar-refractivity contribution < 1.29 is 9.72 Å². The third-order valence-corrected chi connectivity index (χ3v) is 2.93. The fourth-order valence-corrected chi connectivity index (χ4v) is 1.70. The minimum atomic E-state index is -0.523. The Morgan fingerprint density at radius 3 is 2.37 bits per heavy atom. The second-order valence-corrected chi connectivity index (χ2v) is 4.75. The average Bonchev–Trinajstić information content (AvgIpc) is 2.52. The molecular formula is C12H14N4O3. The lowest BCUT2D eigenvalue weighted by Gasteiger charge is -2.22. The van der Waals surface area contributed by atoms with Crippen molar-refractivity contribution in [1.82, 2.24) is 10.3 Å². The van der Waals surface area contributed by atoms with E-state index in [2.05, 4.69) is 17.3 Å². The number of carbonyl (C=O) groups is 1. The average molecular weight is 262 g/mol. The topological polar surface area (TPSA) is 87.5 Å². The van der Waals surface area contributed by atoms with Crippen LogP contribution in [0.5, 0.6) is 0 Å². The molecule has 0 atom stereocenters. The van der Waals surface area contributed by atoms with Gasteiger partial charge in [0.1, 0.15) is 0 Å². The number of carbonyl (C=O) groups excluding carboxylic acids is 1. The molecular weight excluding hydrogens is 248 g/mol. The summed E-state index contributed by atoms with van der Waals surface area (Å²) in [6.45, 7) is 7.53. The van der Waals surface area contributed by atoms with Crippen LogP contribution in [0.1, 0.15) is 13.8 Å². The number of nitrogens with one attached hydrogen (secondary N) is 2. The summed E-state index contributed by atoms with van der Waals surface area (Å²) in [6.07, 6.45) is 0. The van der Waals surface area contributed by atoms with E-state index in [1.807, 2.05) is 13.8 Å². The number of hydrazine groups is 1. The number of nitro benzene ring substituents is 1. The Balaban J connectivity index is 2.16. The Bertz CT molecular complexity index is 551. The smallest absolute Gasteiger partial charge is 0.326 e. The number of nitro groups is 1. The summed E-state index contributed by atoms with van der Waals surface area (Å²) in [6, 6.07) is 5.48. The molecule has 1 aromatic rings. The maximum atomic E-state index is 11.8. The van der Waals surface area contributed by atoms with Crippen LogP contribution in [0.4, 0.5) is 16.2 Å². The first kappa shape index (κ1) is 12.9. The normalized spacial score (nSPS) is 17.3. The number of hydrogen-bond acceptors (Lipinski definition) is 4. The van der Waals surface area contributed by atoms with Crippen LogP contribution in [0, 0.1) is 10.1 Å². The highest BCUT2D eigenvalue weighted by Crippen LogP contribution is 2.26. The number of benzene rings is 1. The summed E-state index contributed by atoms with van der Waals surface area (Å²) in [5.41, 5.74) is 3.48. The molecule has 0 bridgehead atoms. The van der Waals surface area contributed by atoms with E-state index >= 15 is 0 Å². The predicted octanol–water partition coefficient (Wildman–Crippen LogP) is 2.24. The molecule has 2 rings (SSSR count). The van der Waals surface area contributed by atoms with Gasteiger partial charge in [-0.3, -0.25) is 15.5 Å². The molecule has 1 aromatic carbocycles. The lowest BCUT2D eigenvalue weighted by molar-refractivity contribution is -0.384. The van der Waals surface area contributed by atoms with Crippen molar-refractivity contribution in [3.8, 4) is 0 Å². The zero-order chi connectivity index (χ0) is 14.2. The highest BCUT2D eigenvalue weighted by molar-refractivity contribution is 5.83. The van der Waals surface area contributed by atoms with Crippen molar-refractivity contribution in [2.75, 3.05) is 5.43 Å². The molecule has 7 heteroatoms. The van der Waals surface area contributed by atoms with E-state index in [-0.39, 0.29) is 11.7 Å². The van der Waals surface area contributed by atoms with Crippen LogP contribution in [0.15, 0.2) is 36.5 Å². The van der Waals surface area contributed by atoms with Gasteiger partial charge in [0, 0.05) is 12.1 Å². The monoisotopic (exact) mass is 262 g/mol. The van der Waals surface area contributed by atoms with Gasteiger partial charge in [0.15, 0.2) is 0 Å². The van der Waals surface area contributed by atoms with Crippen LogP contribution in [-0.4, -0.2) is 21.5 Å². The number of urea groups is 1. The number of nitrogens with zero attached hydrogens (tertiary/aromatic N) is 2. The Morgan fingerprint density at radius 1 is 1.37 bits per heavy atom. The molecule has 1 aliphatic heterocycles. The highest BCUT2D eigenvalue weighted by atomic mass is 16.6. The van der Waals surface area contributed by atoms with Gasteiger partial charge in [0.05, 0.1) is 21.8 Å². The fraction of sp³-hybridized carbons (Fsp3) is 0.250.